The van der Waals surface area contributed by atoms with E-state index in [4.69, 9.17) is 16.3 Å². The highest BCUT2D eigenvalue weighted by Gasteiger charge is 2.51. The van der Waals surface area contributed by atoms with Gasteiger partial charge in [0.2, 0.25) is 5.91 Å². The number of nitrogens with one attached hydrogen (secondary N) is 1. The number of rotatable bonds is 5. The van der Waals surface area contributed by atoms with E-state index in [0.29, 0.717) is 22.9 Å². The number of hydrogen-bond donors (Lipinski definition) is 1. The van der Waals surface area contributed by atoms with Gasteiger partial charge in [-0.1, -0.05) is 23.7 Å². The first-order chi connectivity index (χ1) is 11.5. The molecule has 0 atom stereocenters. The van der Waals surface area contributed by atoms with Gasteiger partial charge in [-0.25, -0.2) is 4.79 Å². The summed E-state index contributed by atoms with van der Waals surface area (Å²) < 4.78 is 4.94. The molecule has 124 valence electrons. The van der Waals surface area contributed by atoms with Gasteiger partial charge in [-0.3, -0.25) is 4.79 Å². The largest absolute Gasteiger partial charge is 0.462 e. The normalized spacial score (nSPS) is 14.8. The number of benzene rings is 2. The number of carbonyl (C=O) groups is 2. The molecular weight excluding hydrogens is 326 g/mol. The zero-order chi connectivity index (χ0) is 17.2. The lowest BCUT2D eigenvalue weighted by atomic mass is 9.95. The van der Waals surface area contributed by atoms with Crippen LogP contribution >= 0.6 is 11.6 Å². The summed E-state index contributed by atoms with van der Waals surface area (Å²) in [7, 11) is 0. The summed E-state index contributed by atoms with van der Waals surface area (Å²) in [5.41, 5.74) is 1.56. The van der Waals surface area contributed by atoms with E-state index in [1.54, 1.807) is 37.3 Å². The molecule has 0 bridgehead atoms. The minimum atomic E-state index is -0.495. The van der Waals surface area contributed by atoms with E-state index in [9.17, 15) is 9.59 Å². The van der Waals surface area contributed by atoms with Gasteiger partial charge in [0, 0.05) is 10.7 Å². The molecule has 24 heavy (non-hydrogen) atoms. The van der Waals surface area contributed by atoms with E-state index >= 15 is 0 Å². The highest BCUT2D eigenvalue weighted by atomic mass is 35.5. The highest BCUT2D eigenvalue weighted by molar-refractivity contribution is 6.30. The molecule has 2 aromatic rings. The maximum absolute atomic E-state index is 12.7. The zero-order valence-corrected chi connectivity index (χ0v) is 14.1. The van der Waals surface area contributed by atoms with Crippen molar-refractivity contribution in [3.8, 4) is 0 Å². The fraction of sp³-hybridized carbons (Fsp3) is 0.263. The van der Waals surface area contributed by atoms with Gasteiger partial charge >= 0.3 is 5.97 Å². The van der Waals surface area contributed by atoms with Crippen molar-refractivity contribution in [2.75, 3.05) is 11.9 Å². The van der Waals surface area contributed by atoms with Crippen LogP contribution in [0.25, 0.3) is 0 Å². The SMILES string of the molecule is CCOC(=O)c1ccc(NC(=O)C2(c3cccc(Cl)c3)CC2)cc1. The summed E-state index contributed by atoms with van der Waals surface area (Å²) in [6, 6.07) is 14.1. The van der Waals surface area contributed by atoms with Crippen molar-refractivity contribution in [2.24, 2.45) is 0 Å². The van der Waals surface area contributed by atoms with Crippen LogP contribution in [0.5, 0.6) is 0 Å². The van der Waals surface area contributed by atoms with Crippen LogP contribution in [0.15, 0.2) is 48.5 Å². The van der Waals surface area contributed by atoms with Crippen LogP contribution in [0.4, 0.5) is 5.69 Å². The summed E-state index contributed by atoms with van der Waals surface area (Å²) in [6.07, 6.45) is 1.61. The molecule has 4 nitrogen and oxygen atoms in total. The Kier molecular flexibility index (Phi) is 4.58. The van der Waals surface area contributed by atoms with Crippen molar-refractivity contribution < 1.29 is 14.3 Å². The third-order valence-corrected chi connectivity index (χ3v) is 4.45. The average molecular weight is 344 g/mol. The van der Waals surface area contributed by atoms with Gasteiger partial charge in [0.1, 0.15) is 0 Å². The number of halogens is 1. The molecule has 0 saturated heterocycles. The molecule has 1 N–H and O–H groups in total. The van der Waals surface area contributed by atoms with Crippen LogP contribution in [0, 0.1) is 0 Å². The Hall–Kier alpha value is -2.33. The topological polar surface area (TPSA) is 55.4 Å². The molecule has 0 aliphatic heterocycles. The first-order valence-electron chi connectivity index (χ1n) is 7.90. The summed E-state index contributed by atoms with van der Waals surface area (Å²) >= 11 is 6.04. The molecule has 1 fully saturated rings. The quantitative estimate of drug-likeness (QED) is 0.828. The third-order valence-electron chi connectivity index (χ3n) is 4.22. The summed E-state index contributed by atoms with van der Waals surface area (Å²) in [5.74, 6) is -0.415. The molecule has 1 saturated carbocycles. The molecule has 1 aliphatic carbocycles. The number of esters is 1. The number of carbonyl (C=O) groups excluding carboxylic acids is 2. The second-order valence-corrected chi connectivity index (χ2v) is 6.28. The molecule has 0 radical (unpaired) electrons. The van der Waals surface area contributed by atoms with Crippen molar-refractivity contribution in [3.05, 3.63) is 64.7 Å². The zero-order valence-electron chi connectivity index (χ0n) is 13.3. The maximum atomic E-state index is 12.7. The standard InChI is InChI=1S/C19H18ClNO3/c1-2-24-17(22)13-6-8-16(9-7-13)21-18(23)19(10-11-19)14-4-3-5-15(20)12-14/h3-9,12H,2,10-11H2,1H3,(H,21,23). The van der Waals surface area contributed by atoms with Gasteiger partial charge in [0.05, 0.1) is 17.6 Å². The van der Waals surface area contributed by atoms with Crippen LogP contribution in [0.1, 0.15) is 35.7 Å². The summed E-state index contributed by atoms with van der Waals surface area (Å²) in [5, 5.41) is 3.56. The van der Waals surface area contributed by atoms with Gasteiger partial charge in [0.15, 0.2) is 0 Å². The second kappa shape index (κ2) is 6.65. The number of hydrogen-bond acceptors (Lipinski definition) is 3. The predicted molar refractivity (Wildman–Crippen MR) is 93.4 cm³/mol. The number of anilines is 1. The Morgan fingerprint density at radius 3 is 2.46 bits per heavy atom. The van der Waals surface area contributed by atoms with Gasteiger partial charge in [-0.15, -0.1) is 0 Å². The Morgan fingerprint density at radius 1 is 1.17 bits per heavy atom. The van der Waals surface area contributed by atoms with Crippen molar-refractivity contribution in [2.45, 2.75) is 25.2 Å². The maximum Gasteiger partial charge on any atom is 0.338 e. The monoisotopic (exact) mass is 343 g/mol. The minimum Gasteiger partial charge on any atom is -0.462 e. The lowest BCUT2D eigenvalue weighted by Gasteiger charge is -2.16. The van der Waals surface area contributed by atoms with Crippen LogP contribution in [0.2, 0.25) is 5.02 Å². The van der Waals surface area contributed by atoms with Gasteiger partial charge in [0.25, 0.3) is 0 Å². The average Bonchev–Trinajstić information content (AvgIpc) is 3.38. The van der Waals surface area contributed by atoms with Crippen LogP contribution in [-0.2, 0) is 14.9 Å². The third kappa shape index (κ3) is 3.29. The number of ether oxygens (including phenoxy) is 1. The van der Waals surface area contributed by atoms with Gasteiger partial charge in [-0.05, 0) is 61.7 Å². The lowest BCUT2D eigenvalue weighted by molar-refractivity contribution is -0.118. The van der Waals surface area contributed by atoms with Gasteiger partial charge < -0.3 is 10.1 Å². The van der Waals surface area contributed by atoms with Crippen LogP contribution in [0.3, 0.4) is 0 Å². The summed E-state index contributed by atoms with van der Waals surface area (Å²) in [6.45, 7) is 2.09. The van der Waals surface area contributed by atoms with Crippen molar-refractivity contribution in [1.29, 1.82) is 0 Å². The Morgan fingerprint density at radius 2 is 1.88 bits per heavy atom. The first-order valence-corrected chi connectivity index (χ1v) is 8.27. The highest BCUT2D eigenvalue weighted by Crippen LogP contribution is 2.49. The van der Waals surface area contributed by atoms with Crippen molar-refractivity contribution in [3.63, 3.8) is 0 Å². The minimum absolute atomic E-state index is 0.0475. The Bertz CT molecular complexity index is 766. The lowest BCUT2D eigenvalue weighted by Crippen LogP contribution is -2.27. The molecule has 0 spiro atoms. The smallest absolute Gasteiger partial charge is 0.338 e. The second-order valence-electron chi connectivity index (χ2n) is 5.84. The molecule has 0 aromatic heterocycles. The molecule has 5 heteroatoms. The fourth-order valence-electron chi connectivity index (χ4n) is 2.71. The van der Waals surface area contributed by atoms with E-state index in [2.05, 4.69) is 5.32 Å². The van der Waals surface area contributed by atoms with E-state index in [1.807, 2.05) is 18.2 Å². The van der Waals surface area contributed by atoms with Crippen molar-refractivity contribution >= 4 is 29.2 Å². The summed E-state index contributed by atoms with van der Waals surface area (Å²) in [4.78, 5) is 24.3. The van der Waals surface area contributed by atoms with Crippen molar-refractivity contribution in [1.82, 2.24) is 0 Å². The molecular formula is C19H18ClNO3. The molecule has 1 amide bonds. The van der Waals surface area contributed by atoms with E-state index < -0.39 is 5.41 Å². The predicted octanol–water partition coefficient (Wildman–Crippen LogP) is 4.19. The Balaban J connectivity index is 1.72. The molecule has 0 unspecified atom stereocenters. The van der Waals surface area contributed by atoms with E-state index in [0.717, 1.165) is 18.4 Å². The molecule has 0 heterocycles. The molecule has 3 rings (SSSR count). The number of amides is 1. The molecule has 1 aliphatic rings. The Labute approximate surface area is 145 Å². The van der Waals surface area contributed by atoms with E-state index in [1.165, 1.54) is 0 Å². The van der Waals surface area contributed by atoms with E-state index in [-0.39, 0.29) is 11.9 Å². The van der Waals surface area contributed by atoms with Crippen LogP contribution < -0.4 is 5.32 Å². The van der Waals surface area contributed by atoms with Crippen LogP contribution in [-0.4, -0.2) is 18.5 Å². The molecule has 2 aromatic carbocycles. The first kappa shape index (κ1) is 16.5. The fourth-order valence-corrected chi connectivity index (χ4v) is 2.90. The van der Waals surface area contributed by atoms with Gasteiger partial charge in [-0.2, -0.15) is 0 Å².